The largest absolute Gasteiger partial charge is 0.478 e. The Balaban J connectivity index is 2.72. The van der Waals surface area contributed by atoms with E-state index in [2.05, 4.69) is 10.1 Å². The molecular formula is C9H8FN3O3. The van der Waals surface area contributed by atoms with Crippen LogP contribution < -0.4 is 0 Å². The maximum Gasteiger partial charge on any atom is 0.339 e. The highest BCUT2D eigenvalue weighted by molar-refractivity contribution is 5.88. The summed E-state index contributed by atoms with van der Waals surface area (Å²) in [5.41, 5.74) is 0.441. The first kappa shape index (κ1) is 10.5. The van der Waals surface area contributed by atoms with Gasteiger partial charge in [-0.1, -0.05) is 0 Å². The Morgan fingerprint density at radius 3 is 3.06 bits per heavy atom. The molecule has 2 heterocycles. The van der Waals surface area contributed by atoms with Crippen LogP contribution in [-0.2, 0) is 11.3 Å². The van der Waals surface area contributed by atoms with Crippen molar-refractivity contribution in [2.75, 3.05) is 7.11 Å². The quantitative estimate of drug-likeness (QED) is 0.832. The van der Waals surface area contributed by atoms with Gasteiger partial charge in [-0.15, -0.1) is 5.10 Å². The van der Waals surface area contributed by atoms with Gasteiger partial charge in [0.05, 0.1) is 12.3 Å². The van der Waals surface area contributed by atoms with Crippen molar-refractivity contribution in [3.8, 4) is 0 Å². The Hall–Kier alpha value is -2.02. The number of methoxy groups -OCH3 is 1. The number of carboxylic acid groups (broad SMARTS) is 1. The summed E-state index contributed by atoms with van der Waals surface area (Å²) in [4.78, 5) is 14.7. The number of carbonyl (C=O) groups is 1. The number of carboxylic acids is 1. The maximum absolute atomic E-state index is 12.9. The number of aromatic nitrogens is 3. The van der Waals surface area contributed by atoms with Crippen LogP contribution >= 0.6 is 0 Å². The standard InChI is InChI=1S/C9H8FN3O3/c1-16-4-6-5(9(14)15)3-11-8-2-7(10)12-13(6)8/h2-3H,4H2,1H3,(H,14,15). The van der Waals surface area contributed by atoms with Gasteiger partial charge in [-0.25, -0.2) is 14.3 Å². The second kappa shape index (κ2) is 3.86. The molecule has 2 aromatic rings. The Bertz CT molecular complexity index is 552. The highest BCUT2D eigenvalue weighted by atomic mass is 19.1. The van der Waals surface area contributed by atoms with Crippen molar-refractivity contribution in [1.29, 1.82) is 0 Å². The van der Waals surface area contributed by atoms with Crippen molar-refractivity contribution in [3.05, 3.63) is 29.5 Å². The first-order chi connectivity index (χ1) is 7.63. The van der Waals surface area contributed by atoms with Gasteiger partial charge in [0.2, 0.25) is 5.95 Å². The molecule has 0 bridgehead atoms. The third kappa shape index (κ3) is 1.61. The molecule has 0 aliphatic heterocycles. The number of nitrogens with zero attached hydrogens (tertiary/aromatic N) is 3. The molecular weight excluding hydrogens is 217 g/mol. The van der Waals surface area contributed by atoms with Crippen LogP contribution in [0.3, 0.4) is 0 Å². The van der Waals surface area contributed by atoms with Gasteiger partial charge in [0, 0.05) is 19.4 Å². The van der Waals surface area contributed by atoms with Gasteiger partial charge in [0.1, 0.15) is 5.56 Å². The molecule has 0 aromatic carbocycles. The molecule has 16 heavy (non-hydrogen) atoms. The fourth-order valence-corrected chi connectivity index (χ4v) is 1.41. The fourth-order valence-electron chi connectivity index (χ4n) is 1.41. The third-order valence-corrected chi connectivity index (χ3v) is 2.06. The highest BCUT2D eigenvalue weighted by Crippen LogP contribution is 2.12. The summed E-state index contributed by atoms with van der Waals surface area (Å²) >= 11 is 0. The van der Waals surface area contributed by atoms with Crippen LogP contribution in [0.1, 0.15) is 16.1 Å². The minimum absolute atomic E-state index is 0.0156. The summed E-state index contributed by atoms with van der Waals surface area (Å²) < 4.78 is 18.9. The summed E-state index contributed by atoms with van der Waals surface area (Å²) in [6, 6.07) is 1.12. The van der Waals surface area contributed by atoms with E-state index in [1.54, 1.807) is 0 Å². The zero-order chi connectivity index (χ0) is 11.7. The molecule has 84 valence electrons. The lowest BCUT2D eigenvalue weighted by Gasteiger charge is -2.06. The normalized spacial score (nSPS) is 10.9. The summed E-state index contributed by atoms with van der Waals surface area (Å²) in [7, 11) is 1.41. The maximum atomic E-state index is 12.9. The lowest BCUT2D eigenvalue weighted by atomic mass is 10.2. The smallest absolute Gasteiger partial charge is 0.339 e. The Morgan fingerprint density at radius 1 is 1.69 bits per heavy atom. The SMILES string of the molecule is COCc1c(C(=O)O)cnc2cc(F)nn12. The van der Waals surface area contributed by atoms with Gasteiger partial charge in [0.15, 0.2) is 5.65 Å². The van der Waals surface area contributed by atoms with Crippen molar-refractivity contribution in [2.24, 2.45) is 0 Å². The molecule has 0 spiro atoms. The lowest BCUT2D eigenvalue weighted by Crippen LogP contribution is -2.11. The van der Waals surface area contributed by atoms with E-state index in [-0.39, 0.29) is 23.5 Å². The molecule has 0 atom stereocenters. The fraction of sp³-hybridized carbons (Fsp3) is 0.222. The van der Waals surface area contributed by atoms with Crippen LogP contribution in [0, 0.1) is 5.95 Å². The zero-order valence-corrected chi connectivity index (χ0v) is 8.35. The minimum Gasteiger partial charge on any atom is -0.478 e. The molecule has 7 heteroatoms. The molecule has 1 N–H and O–H groups in total. The van der Waals surface area contributed by atoms with Crippen molar-refractivity contribution in [3.63, 3.8) is 0 Å². The molecule has 0 unspecified atom stereocenters. The van der Waals surface area contributed by atoms with Crippen LogP contribution in [0.15, 0.2) is 12.3 Å². The Morgan fingerprint density at radius 2 is 2.44 bits per heavy atom. The van der Waals surface area contributed by atoms with Crippen LogP contribution in [0.25, 0.3) is 5.65 Å². The van der Waals surface area contributed by atoms with E-state index in [0.717, 1.165) is 16.8 Å². The van der Waals surface area contributed by atoms with Crippen LogP contribution in [0.4, 0.5) is 4.39 Å². The van der Waals surface area contributed by atoms with Crippen molar-refractivity contribution in [2.45, 2.75) is 6.61 Å². The zero-order valence-electron chi connectivity index (χ0n) is 8.35. The molecule has 0 aliphatic rings. The number of ether oxygens (including phenoxy) is 1. The highest BCUT2D eigenvalue weighted by Gasteiger charge is 2.16. The van der Waals surface area contributed by atoms with Gasteiger partial charge in [-0.05, 0) is 0 Å². The number of halogens is 1. The van der Waals surface area contributed by atoms with Gasteiger partial charge in [0.25, 0.3) is 0 Å². The van der Waals surface area contributed by atoms with E-state index in [1.807, 2.05) is 0 Å². The molecule has 6 nitrogen and oxygen atoms in total. The summed E-state index contributed by atoms with van der Waals surface area (Å²) in [5, 5.41) is 12.4. The lowest BCUT2D eigenvalue weighted by molar-refractivity contribution is 0.0689. The number of hydrogen-bond donors (Lipinski definition) is 1. The van der Waals surface area contributed by atoms with Gasteiger partial charge >= 0.3 is 5.97 Å². The summed E-state index contributed by atoms with van der Waals surface area (Å²) in [6.07, 6.45) is 1.16. The van der Waals surface area contributed by atoms with Gasteiger partial charge in [-0.2, -0.15) is 4.39 Å². The minimum atomic E-state index is -1.16. The van der Waals surface area contributed by atoms with E-state index in [1.165, 1.54) is 7.11 Å². The van der Waals surface area contributed by atoms with Crippen LogP contribution in [0.5, 0.6) is 0 Å². The number of fused-ring (bicyclic) bond motifs is 1. The molecule has 0 saturated heterocycles. The van der Waals surface area contributed by atoms with Gasteiger partial charge < -0.3 is 9.84 Å². The van der Waals surface area contributed by atoms with Crippen LogP contribution in [-0.4, -0.2) is 32.8 Å². The molecule has 2 rings (SSSR count). The van der Waals surface area contributed by atoms with E-state index < -0.39 is 11.9 Å². The summed E-state index contributed by atoms with van der Waals surface area (Å²) in [6.45, 7) is 0.0156. The molecule has 0 fully saturated rings. The number of rotatable bonds is 3. The first-order valence-corrected chi connectivity index (χ1v) is 4.39. The van der Waals surface area contributed by atoms with Crippen molar-refractivity contribution < 1.29 is 19.0 Å². The monoisotopic (exact) mass is 225 g/mol. The van der Waals surface area contributed by atoms with E-state index in [9.17, 15) is 9.18 Å². The van der Waals surface area contributed by atoms with Crippen molar-refractivity contribution >= 4 is 11.6 Å². The molecule has 0 amide bonds. The molecule has 0 radical (unpaired) electrons. The summed E-state index contributed by atoms with van der Waals surface area (Å²) in [5.74, 6) is -1.87. The Kier molecular flexibility index (Phi) is 2.53. The molecule has 0 aliphatic carbocycles. The second-order valence-electron chi connectivity index (χ2n) is 3.09. The predicted molar refractivity (Wildman–Crippen MR) is 50.6 cm³/mol. The van der Waals surface area contributed by atoms with Gasteiger partial charge in [-0.3, -0.25) is 0 Å². The second-order valence-corrected chi connectivity index (χ2v) is 3.09. The average Bonchev–Trinajstić information content (AvgIpc) is 2.59. The topological polar surface area (TPSA) is 76.7 Å². The van der Waals surface area contributed by atoms with E-state index in [4.69, 9.17) is 9.84 Å². The average molecular weight is 225 g/mol. The number of hydrogen-bond acceptors (Lipinski definition) is 4. The van der Waals surface area contributed by atoms with Crippen LogP contribution in [0.2, 0.25) is 0 Å². The third-order valence-electron chi connectivity index (χ3n) is 2.06. The molecule has 0 saturated carbocycles. The van der Waals surface area contributed by atoms with E-state index in [0.29, 0.717) is 0 Å². The number of aromatic carboxylic acids is 1. The van der Waals surface area contributed by atoms with Crippen molar-refractivity contribution in [1.82, 2.24) is 14.6 Å². The molecule has 2 aromatic heterocycles. The predicted octanol–water partition coefficient (Wildman–Crippen LogP) is 0.713. The van der Waals surface area contributed by atoms with E-state index >= 15 is 0 Å². The first-order valence-electron chi connectivity index (χ1n) is 4.39. The Labute approximate surface area is 89.3 Å².